The topological polar surface area (TPSA) is 58.4 Å². The summed E-state index contributed by atoms with van der Waals surface area (Å²) in [5.41, 5.74) is 5.23. The first-order chi connectivity index (χ1) is 9.42. The monoisotopic (exact) mass is 285 g/mol. The van der Waals surface area contributed by atoms with E-state index in [-0.39, 0.29) is 6.54 Å². The van der Waals surface area contributed by atoms with Crippen molar-refractivity contribution in [3.05, 3.63) is 35.9 Å². The number of nitrogens with two attached hydrogens (primary N) is 1. The number of amides is 1. The highest BCUT2D eigenvalue weighted by molar-refractivity contribution is 5.86. The fraction of sp³-hybridized carbons (Fsp3) is 0.500. The zero-order valence-corrected chi connectivity index (χ0v) is 11.8. The summed E-state index contributed by atoms with van der Waals surface area (Å²) in [4.78, 5) is 13.4. The lowest BCUT2D eigenvalue weighted by Gasteiger charge is -2.32. The fourth-order valence-electron chi connectivity index (χ4n) is 2.21. The minimum Gasteiger partial charge on any atom is -0.368 e. The Labute approximate surface area is 117 Å². The first-order valence-electron chi connectivity index (χ1n) is 6.43. The third-order valence-corrected chi connectivity index (χ3v) is 3.43. The van der Waals surface area contributed by atoms with Crippen LogP contribution in [-0.4, -0.2) is 44.4 Å². The zero-order valence-electron chi connectivity index (χ0n) is 11.8. The lowest BCUT2D eigenvalue weighted by molar-refractivity contribution is -0.125. The molecule has 0 aliphatic carbocycles. The van der Waals surface area contributed by atoms with Gasteiger partial charge in [0.15, 0.2) is 0 Å². The Balaban J connectivity index is 2.88. The lowest BCUT2D eigenvalue weighted by atomic mass is 9.85. The van der Waals surface area contributed by atoms with E-state index in [1.807, 2.05) is 18.2 Å². The first kappa shape index (κ1) is 16.5. The second-order valence-electron chi connectivity index (χ2n) is 4.79. The van der Waals surface area contributed by atoms with Crippen molar-refractivity contribution in [3.63, 3.8) is 0 Å². The molecule has 3 N–H and O–H groups in total. The quantitative estimate of drug-likeness (QED) is 0.754. The molecule has 0 aliphatic rings. The number of rotatable bonds is 8. The predicted octanol–water partition coefficient (Wildman–Crippen LogP) is 1.17. The predicted molar refractivity (Wildman–Crippen MR) is 74.5 cm³/mol. The van der Waals surface area contributed by atoms with Gasteiger partial charge in [0.25, 0.3) is 6.43 Å². The van der Waals surface area contributed by atoms with Crippen LogP contribution in [0.1, 0.15) is 12.0 Å². The van der Waals surface area contributed by atoms with Crippen molar-refractivity contribution in [1.29, 1.82) is 0 Å². The van der Waals surface area contributed by atoms with Crippen LogP contribution in [0.4, 0.5) is 8.78 Å². The van der Waals surface area contributed by atoms with Gasteiger partial charge in [0.2, 0.25) is 5.91 Å². The highest BCUT2D eigenvalue weighted by atomic mass is 19.3. The Morgan fingerprint density at radius 3 is 2.45 bits per heavy atom. The number of alkyl halides is 2. The van der Waals surface area contributed by atoms with Gasteiger partial charge >= 0.3 is 0 Å². The molecule has 4 nitrogen and oxygen atoms in total. The van der Waals surface area contributed by atoms with E-state index in [9.17, 15) is 13.6 Å². The summed E-state index contributed by atoms with van der Waals surface area (Å²) in [7, 11) is 3.24. The van der Waals surface area contributed by atoms with E-state index in [2.05, 4.69) is 5.32 Å². The van der Waals surface area contributed by atoms with Crippen LogP contribution in [-0.2, 0) is 10.3 Å². The summed E-state index contributed by atoms with van der Waals surface area (Å²) in [5.74, 6) is -0.517. The number of carbonyl (C=O) groups excluding carboxylic acids is 1. The molecule has 0 aliphatic heterocycles. The van der Waals surface area contributed by atoms with Gasteiger partial charge in [0, 0.05) is 6.54 Å². The summed E-state index contributed by atoms with van der Waals surface area (Å²) >= 11 is 0. The van der Waals surface area contributed by atoms with E-state index in [1.165, 1.54) is 4.90 Å². The number of primary amides is 1. The number of nitrogens with zero attached hydrogens (tertiary/aromatic N) is 1. The maximum atomic E-state index is 12.3. The first-order valence-corrected chi connectivity index (χ1v) is 6.43. The lowest BCUT2D eigenvalue weighted by Crippen LogP contribution is -2.52. The third-order valence-electron chi connectivity index (χ3n) is 3.43. The third kappa shape index (κ3) is 3.98. The second-order valence-corrected chi connectivity index (χ2v) is 4.79. The van der Waals surface area contributed by atoms with Crippen molar-refractivity contribution in [2.45, 2.75) is 18.4 Å². The molecule has 1 rings (SSSR count). The Kier molecular flexibility index (Phi) is 6.04. The molecule has 1 atom stereocenters. The molecule has 0 saturated heterocycles. The summed E-state index contributed by atoms with van der Waals surface area (Å²) < 4.78 is 24.6. The maximum Gasteiger partial charge on any atom is 0.251 e. The number of carbonyl (C=O) groups is 1. The fourth-order valence-corrected chi connectivity index (χ4v) is 2.21. The molecule has 6 heteroatoms. The van der Waals surface area contributed by atoms with Crippen LogP contribution in [0.25, 0.3) is 0 Å². The van der Waals surface area contributed by atoms with Crippen molar-refractivity contribution < 1.29 is 13.6 Å². The molecule has 1 aromatic carbocycles. The molecule has 112 valence electrons. The number of hydrogen-bond donors (Lipinski definition) is 2. The minimum absolute atomic E-state index is 0.325. The summed E-state index contributed by atoms with van der Waals surface area (Å²) in [5, 5.41) is 2.95. The van der Waals surface area contributed by atoms with E-state index in [1.54, 1.807) is 26.2 Å². The Morgan fingerprint density at radius 2 is 2.00 bits per heavy atom. The van der Waals surface area contributed by atoms with Gasteiger partial charge in [-0.3, -0.25) is 4.79 Å². The van der Waals surface area contributed by atoms with Gasteiger partial charge in [0.1, 0.15) is 5.54 Å². The number of nitrogens with one attached hydrogen (secondary N) is 1. The minimum atomic E-state index is -2.39. The molecule has 0 saturated carbocycles. The smallest absolute Gasteiger partial charge is 0.251 e. The van der Waals surface area contributed by atoms with Crippen LogP contribution in [0.2, 0.25) is 0 Å². The van der Waals surface area contributed by atoms with Crippen molar-refractivity contribution in [2.75, 3.05) is 27.2 Å². The van der Waals surface area contributed by atoms with Crippen LogP contribution in [0.5, 0.6) is 0 Å². The number of halogens is 2. The molecule has 0 fully saturated rings. The largest absolute Gasteiger partial charge is 0.368 e. The van der Waals surface area contributed by atoms with Crippen molar-refractivity contribution in [3.8, 4) is 0 Å². The van der Waals surface area contributed by atoms with Crippen molar-refractivity contribution in [2.24, 2.45) is 5.73 Å². The standard InChI is InChI=1S/C14H21F2N3O/c1-18-14(13(17)20,11-6-4-3-5-7-11)8-9-19(2)10-12(15)16/h3-7,12,18H,8-10H2,1-2H3,(H2,17,20). The van der Waals surface area contributed by atoms with Crippen LogP contribution in [0, 0.1) is 0 Å². The van der Waals surface area contributed by atoms with Crippen LogP contribution in [0.15, 0.2) is 30.3 Å². The van der Waals surface area contributed by atoms with Gasteiger partial charge in [-0.05, 0) is 26.1 Å². The molecule has 0 radical (unpaired) electrons. The number of likely N-dealkylation sites (N-methyl/N-ethyl adjacent to an activating group) is 1. The second kappa shape index (κ2) is 7.31. The van der Waals surface area contributed by atoms with Gasteiger partial charge < -0.3 is 16.0 Å². The van der Waals surface area contributed by atoms with E-state index in [0.717, 1.165) is 5.56 Å². The Hall–Kier alpha value is -1.53. The molecule has 20 heavy (non-hydrogen) atoms. The SMILES string of the molecule is CNC(CCN(C)CC(F)F)(C(N)=O)c1ccccc1. The van der Waals surface area contributed by atoms with E-state index >= 15 is 0 Å². The highest BCUT2D eigenvalue weighted by Gasteiger charge is 2.36. The highest BCUT2D eigenvalue weighted by Crippen LogP contribution is 2.24. The van der Waals surface area contributed by atoms with Crippen LogP contribution >= 0.6 is 0 Å². The molecule has 0 spiro atoms. The number of hydrogen-bond acceptors (Lipinski definition) is 3. The molecule has 0 heterocycles. The van der Waals surface area contributed by atoms with Gasteiger partial charge in [-0.1, -0.05) is 30.3 Å². The van der Waals surface area contributed by atoms with Crippen molar-refractivity contribution in [1.82, 2.24) is 10.2 Å². The number of benzene rings is 1. The molecular formula is C14H21F2N3O. The Morgan fingerprint density at radius 1 is 1.40 bits per heavy atom. The van der Waals surface area contributed by atoms with Gasteiger partial charge in [-0.15, -0.1) is 0 Å². The average molecular weight is 285 g/mol. The zero-order chi connectivity index (χ0) is 15.2. The normalized spacial score (nSPS) is 14.5. The van der Waals surface area contributed by atoms with Crippen molar-refractivity contribution >= 4 is 5.91 Å². The molecule has 0 aromatic heterocycles. The van der Waals surface area contributed by atoms with Gasteiger partial charge in [-0.25, -0.2) is 8.78 Å². The summed E-state index contributed by atoms with van der Waals surface area (Å²) in [6.45, 7) is 0.0103. The van der Waals surface area contributed by atoms with E-state index in [0.29, 0.717) is 13.0 Å². The average Bonchev–Trinajstić information content (AvgIpc) is 2.40. The molecular weight excluding hydrogens is 264 g/mol. The van der Waals surface area contributed by atoms with E-state index < -0.39 is 17.9 Å². The summed E-state index contributed by atoms with van der Waals surface area (Å²) in [6.07, 6.45) is -2.07. The van der Waals surface area contributed by atoms with Crippen LogP contribution < -0.4 is 11.1 Å². The molecule has 1 unspecified atom stereocenters. The Bertz CT molecular complexity index is 428. The van der Waals surface area contributed by atoms with Gasteiger partial charge in [-0.2, -0.15) is 0 Å². The van der Waals surface area contributed by atoms with E-state index in [4.69, 9.17) is 5.73 Å². The molecule has 0 bridgehead atoms. The summed E-state index contributed by atoms with van der Waals surface area (Å²) in [6, 6.07) is 9.07. The maximum absolute atomic E-state index is 12.3. The van der Waals surface area contributed by atoms with Crippen LogP contribution in [0.3, 0.4) is 0 Å². The molecule has 1 aromatic rings. The molecule has 1 amide bonds. The van der Waals surface area contributed by atoms with Gasteiger partial charge in [0.05, 0.1) is 6.54 Å².